The van der Waals surface area contributed by atoms with E-state index in [1.165, 1.54) is 11.3 Å². The molecule has 108 valence electrons. The van der Waals surface area contributed by atoms with E-state index in [4.69, 9.17) is 16.0 Å². The van der Waals surface area contributed by atoms with E-state index in [0.29, 0.717) is 24.4 Å². The van der Waals surface area contributed by atoms with Crippen molar-refractivity contribution in [3.8, 4) is 0 Å². The van der Waals surface area contributed by atoms with Crippen molar-refractivity contribution in [1.82, 2.24) is 4.90 Å². The lowest BCUT2D eigenvalue weighted by Gasteiger charge is -2.20. The van der Waals surface area contributed by atoms with Crippen molar-refractivity contribution in [2.24, 2.45) is 0 Å². The van der Waals surface area contributed by atoms with Crippen LogP contribution in [0.1, 0.15) is 39.2 Å². The molecular formula is C15H18ClNO2S. The van der Waals surface area contributed by atoms with Gasteiger partial charge in [0.2, 0.25) is 0 Å². The Kier molecular flexibility index (Phi) is 4.55. The first-order valence-electron chi connectivity index (χ1n) is 6.54. The number of furan rings is 1. The molecule has 0 bridgehead atoms. The summed E-state index contributed by atoms with van der Waals surface area (Å²) in [7, 11) is 0. The van der Waals surface area contributed by atoms with Gasteiger partial charge in [0.1, 0.15) is 11.5 Å². The molecule has 0 unspecified atom stereocenters. The molecule has 2 aromatic rings. The van der Waals surface area contributed by atoms with E-state index in [9.17, 15) is 4.79 Å². The lowest BCUT2D eigenvalue weighted by Crippen LogP contribution is -2.30. The van der Waals surface area contributed by atoms with Crippen LogP contribution in [0.25, 0.3) is 0 Å². The Morgan fingerprint density at radius 3 is 2.45 bits per heavy atom. The largest absolute Gasteiger partial charge is 0.466 e. The van der Waals surface area contributed by atoms with Crippen LogP contribution in [0.4, 0.5) is 0 Å². The summed E-state index contributed by atoms with van der Waals surface area (Å²) in [6.45, 7) is 8.85. The fourth-order valence-electron chi connectivity index (χ4n) is 2.22. The molecule has 2 aromatic heterocycles. The van der Waals surface area contributed by atoms with Gasteiger partial charge in [0.05, 0.1) is 16.4 Å². The second-order valence-electron chi connectivity index (χ2n) is 4.74. The first kappa shape index (κ1) is 15.1. The Morgan fingerprint density at radius 2 is 2.00 bits per heavy atom. The zero-order chi connectivity index (χ0) is 14.9. The molecule has 20 heavy (non-hydrogen) atoms. The fraction of sp³-hybridized carbons (Fsp3) is 0.400. The molecule has 0 saturated carbocycles. The number of carbonyl (C=O) groups is 1. The highest BCUT2D eigenvalue weighted by Crippen LogP contribution is 2.26. The third-order valence-corrected chi connectivity index (χ3v) is 4.64. The molecule has 0 saturated heterocycles. The van der Waals surface area contributed by atoms with Gasteiger partial charge in [0.25, 0.3) is 5.91 Å². The number of halogens is 1. The third kappa shape index (κ3) is 2.91. The average Bonchev–Trinajstić information content (AvgIpc) is 2.91. The number of carbonyl (C=O) groups excluding carboxylic acids is 1. The zero-order valence-electron chi connectivity index (χ0n) is 12.1. The molecule has 0 aliphatic rings. The summed E-state index contributed by atoms with van der Waals surface area (Å²) < 4.78 is 6.29. The van der Waals surface area contributed by atoms with E-state index in [2.05, 4.69) is 0 Å². The minimum absolute atomic E-state index is 0.0175. The minimum Gasteiger partial charge on any atom is -0.466 e. The number of thiophene rings is 1. The highest BCUT2D eigenvalue weighted by atomic mass is 35.5. The number of nitrogens with zero attached hydrogens (tertiary/aromatic N) is 1. The first-order valence-corrected chi connectivity index (χ1v) is 7.73. The van der Waals surface area contributed by atoms with E-state index in [-0.39, 0.29) is 5.91 Å². The highest BCUT2D eigenvalue weighted by Gasteiger charge is 2.23. The summed E-state index contributed by atoms with van der Waals surface area (Å²) in [6, 6.07) is 3.82. The lowest BCUT2D eigenvalue weighted by atomic mass is 10.1. The quantitative estimate of drug-likeness (QED) is 0.828. The zero-order valence-corrected chi connectivity index (χ0v) is 13.7. The molecule has 0 spiro atoms. The van der Waals surface area contributed by atoms with Crippen molar-refractivity contribution < 1.29 is 9.21 Å². The maximum atomic E-state index is 12.7. The van der Waals surface area contributed by atoms with Crippen molar-refractivity contribution in [2.45, 2.75) is 34.2 Å². The topological polar surface area (TPSA) is 33.5 Å². The number of amides is 1. The second-order valence-corrected chi connectivity index (χ2v) is 6.54. The summed E-state index contributed by atoms with van der Waals surface area (Å²) >= 11 is 7.44. The molecule has 0 aromatic carbocycles. The monoisotopic (exact) mass is 311 g/mol. The summed E-state index contributed by atoms with van der Waals surface area (Å²) in [4.78, 5) is 15.6. The SMILES string of the molecule is CCN(Cc1ccc(Cl)s1)C(=O)c1c(C)oc(C)c1C. The van der Waals surface area contributed by atoms with E-state index in [1.54, 1.807) is 0 Å². The Morgan fingerprint density at radius 1 is 1.30 bits per heavy atom. The van der Waals surface area contributed by atoms with Crippen molar-refractivity contribution in [3.05, 3.63) is 44.0 Å². The Bertz CT molecular complexity index is 630. The van der Waals surface area contributed by atoms with E-state index in [1.807, 2.05) is 44.7 Å². The summed E-state index contributed by atoms with van der Waals surface area (Å²) in [5, 5.41) is 0. The van der Waals surface area contributed by atoms with Gasteiger partial charge < -0.3 is 9.32 Å². The van der Waals surface area contributed by atoms with Crippen LogP contribution < -0.4 is 0 Å². The maximum Gasteiger partial charge on any atom is 0.257 e. The van der Waals surface area contributed by atoms with Crippen LogP contribution >= 0.6 is 22.9 Å². The van der Waals surface area contributed by atoms with Gasteiger partial charge in [-0.25, -0.2) is 0 Å². The van der Waals surface area contributed by atoms with Gasteiger partial charge in [-0.3, -0.25) is 4.79 Å². The van der Waals surface area contributed by atoms with Gasteiger partial charge in [-0.05, 0) is 39.8 Å². The standard InChI is InChI=1S/C15H18ClNO2S/c1-5-17(8-12-6-7-13(16)20-12)15(18)14-9(2)10(3)19-11(14)4/h6-7H,5,8H2,1-4H3. The van der Waals surface area contributed by atoms with Gasteiger partial charge in [0.15, 0.2) is 0 Å². The van der Waals surface area contributed by atoms with E-state index >= 15 is 0 Å². The molecule has 3 nitrogen and oxygen atoms in total. The molecule has 0 radical (unpaired) electrons. The van der Waals surface area contributed by atoms with Crippen LogP contribution in [-0.4, -0.2) is 17.4 Å². The van der Waals surface area contributed by atoms with Gasteiger partial charge >= 0.3 is 0 Å². The van der Waals surface area contributed by atoms with Crippen molar-refractivity contribution in [1.29, 1.82) is 0 Å². The van der Waals surface area contributed by atoms with Gasteiger partial charge in [0, 0.05) is 17.0 Å². The summed E-state index contributed by atoms with van der Waals surface area (Å²) in [6.07, 6.45) is 0. The number of hydrogen-bond acceptors (Lipinski definition) is 3. The maximum absolute atomic E-state index is 12.7. The molecule has 0 aliphatic carbocycles. The van der Waals surface area contributed by atoms with Gasteiger partial charge in [-0.15, -0.1) is 11.3 Å². The Balaban J connectivity index is 2.25. The van der Waals surface area contributed by atoms with Crippen LogP contribution in [0.15, 0.2) is 16.5 Å². The fourth-order valence-corrected chi connectivity index (χ4v) is 3.32. The number of aryl methyl sites for hydroxylation is 2. The smallest absolute Gasteiger partial charge is 0.257 e. The lowest BCUT2D eigenvalue weighted by molar-refractivity contribution is 0.0752. The molecule has 0 aliphatic heterocycles. The van der Waals surface area contributed by atoms with E-state index < -0.39 is 0 Å². The highest BCUT2D eigenvalue weighted by molar-refractivity contribution is 7.16. The van der Waals surface area contributed by atoms with Gasteiger partial charge in [-0.1, -0.05) is 11.6 Å². The Labute approximate surface area is 128 Å². The average molecular weight is 312 g/mol. The minimum atomic E-state index is 0.0175. The molecule has 2 heterocycles. The molecule has 0 fully saturated rings. The summed E-state index contributed by atoms with van der Waals surface area (Å²) in [5.74, 6) is 1.51. The molecule has 0 atom stereocenters. The predicted molar refractivity (Wildman–Crippen MR) is 82.7 cm³/mol. The molecule has 1 amide bonds. The van der Waals surface area contributed by atoms with Crippen molar-refractivity contribution in [2.75, 3.05) is 6.54 Å². The van der Waals surface area contributed by atoms with Crippen molar-refractivity contribution >= 4 is 28.8 Å². The number of rotatable bonds is 4. The van der Waals surface area contributed by atoms with E-state index in [0.717, 1.165) is 20.5 Å². The molecular weight excluding hydrogens is 294 g/mol. The number of hydrogen-bond donors (Lipinski definition) is 0. The normalized spacial score (nSPS) is 10.8. The van der Waals surface area contributed by atoms with Crippen LogP contribution in [0.3, 0.4) is 0 Å². The second kappa shape index (κ2) is 6.02. The first-order chi connectivity index (χ1) is 9.43. The van der Waals surface area contributed by atoms with Crippen LogP contribution in [-0.2, 0) is 6.54 Å². The van der Waals surface area contributed by atoms with Crippen LogP contribution in [0.2, 0.25) is 4.34 Å². The molecule has 0 N–H and O–H groups in total. The summed E-state index contributed by atoms with van der Waals surface area (Å²) in [5.41, 5.74) is 1.61. The van der Waals surface area contributed by atoms with Crippen LogP contribution in [0, 0.1) is 20.8 Å². The molecule has 5 heteroatoms. The van der Waals surface area contributed by atoms with Crippen molar-refractivity contribution in [3.63, 3.8) is 0 Å². The molecule has 2 rings (SSSR count). The predicted octanol–water partition coefficient (Wildman–Crippen LogP) is 4.58. The third-order valence-electron chi connectivity index (χ3n) is 3.42. The van der Waals surface area contributed by atoms with Crippen LogP contribution in [0.5, 0.6) is 0 Å². The Hall–Kier alpha value is -1.26. The van der Waals surface area contributed by atoms with Gasteiger partial charge in [-0.2, -0.15) is 0 Å².